The Balaban J connectivity index is 1.78. The second-order valence-electron chi connectivity index (χ2n) is 6.82. The molecule has 0 atom stereocenters. The minimum Gasteiger partial charge on any atom is -0.495 e. The van der Waals surface area contributed by atoms with E-state index in [9.17, 15) is 14.0 Å². The number of anilines is 2. The van der Waals surface area contributed by atoms with Crippen LogP contribution in [0.3, 0.4) is 0 Å². The first-order valence-corrected chi connectivity index (χ1v) is 9.38. The molecule has 1 aliphatic heterocycles. The molecule has 0 saturated carbocycles. The van der Waals surface area contributed by atoms with Crippen LogP contribution >= 0.6 is 0 Å². The number of amides is 2. The molecule has 1 N–H and O–H groups in total. The molecular weight excluding hydrogens is 373 g/mol. The zero-order valence-electron chi connectivity index (χ0n) is 16.5. The molecule has 1 fully saturated rings. The maximum absolute atomic E-state index is 13.8. The lowest BCUT2D eigenvalue weighted by molar-refractivity contribution is -0.118. The van der Waals surface area contributed by atoms with Crippen LogP contribution in [0.1, 0.15) is 12.5 Å². The molecule has 0 unspecified atom stereocenters. The standard InChI is InChI=1S/C22H24FN3O3/c1-16(13-17-5-3-4-6-19(17)23)22(28)24-20-14-18(7-8-21(20)29-2)26-11-9-25(15-27)10-12-26/h3-8,13-15H,9-12H2,1-2H3,(H,24,28)/b16-13+. The number of nitrogens with one attached hydrogen (secondary N) is 1. The summed E-state index contributed by atoms with van der Waals surface area (Å²) in [5, 5.41) is 2.85. The minimum atomic E-state index is -0.381. The van der Waals surface area contributed by atoms with E-state index in [0.29, 0.717) is 48.8 Å². The van der Waals surface area contributed by atoms with Crippen LogP contribution in [0.15, 0.2) is 48.0 Å². The zero-order chi connectivity index (χ0) is 20.8. The Hall–Kier alpha value is -3.35. The Kier molecular flexibility index (Phi) is 6.49. The second kappa shape index (κ2) is 9.23. The van der Waals surface area contributed by atoms with Crippen LogP contribution in [0.5, 0.6) is 5.75 Å². The van der Waals surface area contributed by atoms with Crippen LogP contribution in [0.25, 0.3) is 6.08 Å². The third-order valence-corrected chi connectivity index (χ3v) is 4.90. The average Bonchev–Trinajstić information content (AvgIpc) is 2.75. The van der Waals surface area contributed by atoms with Crippen LogP contribution in [0, 0.1) is 5.82 Å². The number of hydrogen-bond donors (Lipinski definition) is 1. The molecule has 3 rings (SSSR count). The van der Waals surface area contributed by atoms with Gasteiger partial charge in [0.2, 0.25) is 6.41 Å². The van der Waals surface area contributed by atoms with Crippen molar-refractivity contribution >= 4 is 29.8 Å². The first-order chi connectivity index (χ1) is 14.0. The lowest BCUT2D eigenvalue weighted by Gasteiger charge is -2.34. The van der Waals surface area contributed by atoms with Gasteiger partial charge in [-0.1, -0.05) is 18.2 Å². The van der Waals surface area contributed by atoms with Gasteiger partial charge in [-0.15, -0.1) is 0 Å². The molecule has 152 valence electrons. The highest BCUT2D eigenvalue weighted by Gasteiger charge is 2.18. The molecule has 2 amide bonds. The Morgan fingerprint density at radius 2 is 1.86 bits per heavy atom. The van der Waals surface area contributed by atoms with Gasteiger partial charge in [0, 0.05) is 43.0 Å². The summed E-state index contributed by atoms with van der Waals surface area (Å²) in [7, 11) is 1.54. The molecular formula is C22H24FN3O3. The molecule has 0 aromatic heterocycles. The number of nitrogens with zero attached hydrogens (tertiary/aromatic N) is 2. The van der Waals surface area contributed by atoms with Gasteiger partial charge in [-0.3, -0.25) is 9.59 Å². The molecule has 2 aromatic rings. The fraction of sp³-hybridized carbons (Fsp3) is 0.273. The second-order valence-corrected chi connectivity index (χ2v) is 6.82. The first kappa shape index (κ1) is 20.4. The molecule has 0 spiro atoms. The fourth-order valence-corrected chi connectivity index (χ4v) is 3.19. The van der Waals surface area contributed by atoms with E-state index in [1.807, 2.05) is 12.1 Å². The summed E-state index contributed by atoms with van der Waals surface area (Å²) in [4.78, 5) is 27.4. The normalized spacial score (nSPS) is 14.5. The number of halogens is 1. The Morgan fingerprint density at radius 1 is 1.14 bits per heavy atom. The Labute approximate surface area is 169 Å². The highest BCUT2D eigenvalue weighted by atomic mass is 19.1. The van der Waals surface area contributed by atoms with Crippen molar-refractivity contribution < 1.29 is 18.7 Å². The van der Waals surface area contributed by atoms with Crippen LogP contribution in [0.4, 0.5) is 15.8 Å². The van der Waals surface area contributed by atoms with Gasteiger partial charge in [-0.25, -0.2) is 4.39 Å². The lowest BCUT2D eigenvalue weighted by atomic mass is 10.1. The topological polar surface area (TPSA) is 61.9 Å². The first-order valence-electron chi connectivity index (χ1n) is 9.38. The van der Waals surface area contributed by atoms with Crippen molar-refractivity contribution in [3.8, 4) is 5.75 Å². The quantitative estimate of drug-likeness (QED) is 0.601. The third-order valence-electron chi connectivity index (χ3n) is 4.90. The summed E-state index contributed by atoms with van der Waals surface area (Å²) in [5.41, 5.74) is 2.20. The van der Waals surface area contributed by atoms with Crippen molar-refractivity contribution in [2.24, 2.45) is 0 Å². The van der Waals surface area contributed by atoms with Crippen LogP contribution in [-0.2, 0) is 9.59 Å². The van der Waals surface area contributed by atoms with E-state index in [-0.39, 0.29) is 11.7 Å². The van der Waals surface area contributed by atoms with E-state index in [0.717, 1.165) is 12.1 Å². The molecule has 1 heterocycles. The van der Waals surface area contributed by atoms with E-state index < -0.39 is 0 Å². The Morgan fingerprint density at radius 3 is 2.52 bits per heavy atom. The summed E-state index contributed by atoms with van der Waals surface area (Å²) in [6.07, 6.45) is 2.38. The largest absolute Gasteiger partial charge is 0.495 e. The van der Waals surface area contributed by atoms with E-state index in [2.05, 4.69) is 10.2 Å². The van der Waals surface area contributed by atoms with Crippen molar-refractivity contribution in [3.63, 3.8) is 0 Å². The molecule has 1 saturated heterocycles. The van der Waals surface area contributed by atoms with Crippen molar-refractivity contribution in [2.75, 3.05) is 43.5 Å². The highest BCUT2D eigenvalue weighted by molar-refractivity contribution is 6.07. The SMILES string of the molecule is COc1ccc(N2CCN(C=O)CC2)cc1NC(=O)/C(C)=C/c1ccccc1F. The number of ether oxygens (including phenoxy) is 1. The minimum absolute atomic E-state index is 0.338. The van der Waals surface area contributed by atoms with Crippen molar-refractivity contribution in [2.45, 2.75) is 6.92 Å². The third kappa shape index (κ3) is 4.93. The summed E-state index contributed by atoms with van der Waals surface area (Å²) < 4.78 is 19.2. The molecule has 7 heteroatoms. The van der Waals surface area contributed by atoms with Crippen molar-refractivity contribution in [1.82, 2.24) is 4.90 Å². The number of carbonyl (C=O) groups excluding carboxylic acids is 2. The van der Waals surface area contributed by atoms with Crippen LogP contribution < -0.4 is 15.0 Å². The van der Waals surface area contributed by atoms with Crippen molar-refractivity contribution in [3.05, 3.63) is 59.4 Å². The maximum atomic E-state index is 13.8. The van der Waals surface area contributed by atoms with Crippen molar-refractivity contribution in [1.29, 1.82) is 0 Å². The maximum Gasteiger partial charge on any atom is 0.251 e. The summed E-state index contributed by atoms with van der Waals surface area (Å²) >= 11 is 0. The molecule has 0 radical (unpaired) electrons. The monoisotopic (exact) mass is 397 g/mol. The van der Waals surface area contributed by atoms with Gasteiger partial charge >= 0.3 is 0 Å². The Bertz CT molecular complexity index is 921. The van der Waals surface area contributed by atoms with Gasteiger partial charge in [0.25, 0.3) is 5.91 Å². The molecule has 6 nitrogen and oxygen atoms in total. The van der Waals surface area contributed by atoms with E-state index in [4.69, 9.17) is 4.74 Å². The van der Waals surface area contributed by atoms with E-state index in [1.54, 1.807) is 36.1 Å². The molecule has 2 aromatic carbocycles. The van der Waals surface area contributed by atoms with Crippen LogP contribution in [-0.4, -0.2) is 50.5 Å². The number of carbonyl (C=O) groups is 2. The van der Waals surface area contributed by atoms with Gasteiger partial charge in [0.1, 0.15) is 11.6 Å². The predicted molar refractivity (Wildman–Crippen MR) is 112 cm³/mol. The number of hydrogen-bond acceptors (Lipinski definition) is 4. The zero-order valence-corrected chi connectivity index (χ0v) is 16.5. The van der Waals surface area contributed by atoms with Gasteiger partial charge in [0.15, 0.2) is 0 Å². The molecule has 29 heavy (non-hydrogen) atoms. The summed E-state index contributed by atoms with van der Waals surface area (Å²) in [6, 6.07) is 11.9. The van der Waals surface area contributed by atoms with Gasteiger partial charge < -0.3 is 19.9 Å². The number of rotatable bonds is 6. The summed E-state index contributed by atoms with van der Waals surface area (Å²) in [5.74, 6) is -0.185. The van der Waals surface area contributed by atoms with E-state index >= 15 is 0 Å². The van der Waals surface area contributed by atoms with Gasteiger partial charge in [0.05, 0.1) is 12.8 Å². The smallest absolute Gasteiger partial charge is 0.251 e. The predicted octanol–water partition coefficient (Wildman–Crippen LogP) is 3.15. The van der Waals surface area contributed by atoms with Gasteiger partial charge in [-0.2, -0.15) is 0 Å². The highest BCUT2D eigenvalue weighted by Crippen LogP contribution is 2.30. The summed E-state index contributed by atoms with van der Waals surface area (Å²) in [6.45, 7) is 4.37. The molecule has 0 aliphatic carbocycles. The van der Waals surface area contributed by atoms with Crippen LogP contribution in [0.2, 0.25) is 0 Å². The average molecular weight is 397 g/mol. The number of piperazine rings is 1. The number of benzene rings is 2. The van der Waals surface area contributed by atoms with E-state index in [1.165, 1.54) is 19.3 Å². The fourth-order valence-electron chi connectivity index (χ4n) is 3.19. The molecule has 0 bridgehead atoms. The number of methoxy groups -OCH3 is 1. The molecule has 1 aliphatic rings. The van der Waals surface area contributed by atoms with Gasteiger partial charge in [-0.05, 0) is 37.3 Å². The lowest BCUT2D eigenvalue weighted by Crippen LogP contribution is -2.45.